The standard InChI is InChI=1S/C14H11Br3ClN/c1-8(10-6-5-9(15)7-13(10)18)19-14-11(16)3-2-4-12(14)17/h2-8,19H,1H3. The molecule has 0 fully saturated rings. The van der Waals surface area contributed by atoms with Crippen LogP contribution < -0.4 is 5.32 Å². The summed E-state index contributed by atoms with van der Waals surface area (Å²) in [5, 5.41) is 4.21. The van der Waals surface area contributed by atoms with Gasteiger partial charge in [-0.25, -0.2) is 0 Å². The van der Waals surface area contributed by atoms with E-state index in [9.17, 15) is 0 Å². The number of nitrogens with one attached hydrogen (secondary N) is 1. The Morgan fingerprint density at radius 1 is 1.05 bits per heavy atom. The maximum Gasteiger partial charge on any atom is 0.0633 e. The fourth-order valence-corrected chi connectivity index (χ4v) is 3.85. The predicted molar refractivity (Wildman–Crippen MR) is 93.0 cm³/mol. The van der Waals surface area contributed by atoms with Crippen LogP contribution >= 0.6 is 59.4 Å². The fraction of sp³-hybridized carbons (Fsp3) is 0.143. The van der Waals surface area contributed by atoms with Crippen LogP contribution in [0.3, 0.4) is 0 Å². The van der Waals surface area contributed by atoms with Crippen molar-refractivity contribution in [1.82, 2.24) is 0 Å². The lowest BCUT2D eigenvalue weighted by molar-refractivity contribution is 0.882. The highest BCUT2D eigenvalue weighted by Crippen LogP contribution is 2.35. The largest absolute Gasteiger partial charge is 0.377 e. The summed E-state index contributed by atoms with van der Waals surface area (Å²) in [4.78, 5) is 0. The van der Waals surface area contributed by atoms with Crippen molar-refractivity contribution >= 4 is 65.1 Å². The summed E-state index contributed by atoms with van der Waals surface area (Å²) in [7, 11) is 0. The molecule has 2 aromatic rings. The van der Waals surface area contributed by atoms with Crippen LogP contribution in [0.1, 0.15) is 18.5 Å². The third-order valence-electron chi connectivity index (χ3n) is 2.75. The Kier molecular flexibility index (Phi) is 5.35. The Labute approximate surface area is 143 Å². The van der Waals surface area contributed by atoms with Crippen molar-refractivity contribution in [2.45, 2.75) is 13.0 Å². The summed E-state index contributed by atoms with van der Waals surface area (Å²) in [6, 6.07) is 12.0. The van der Waals surface area contributed by atoms with Crippen LogP contribution in [0.5, 0.6) is 0 Å². The van der Waals surface area contributed by atoms with Gasteiger partial charge in [0.1, 0.15) is 0 Å². The average molecular weight is 468 g/mol. The fourth-order valence-electron chi connectivity index (χ4n) is 1.78. The molecule has 0 aliphatic heterocycles. The molecule has 1 unspecified atom stereocenters. The summed E-state index contributed by atoms with van der Waals surface area (Å²) >= 11 is 16.8. The maximum absolute atomic E-state index is 6.28. The molecule has 19 heavy (non-hydrogen) atoms. The first-order valence-electron chi connectivity index (χ1n) is 5.64. The van der Waals surface area contributed by atoms with Gasteiger partial charge in [-0.05, 0) is 68.6 Å². The number of hydrogen-bond donors (Lipinski definition) is 1. The normalized spacial score (nSPS) is 12.3. The molecule has 0 saturated carbocycles. The van der Waals surface area contributed by atoms with Gasteiger partial charge in [0.05, 0.1) is 11.7 Å². The molecule has 0 amide bonds. The van der Waals surface area contributed by atoms with Gasteiger partial charge in [-0.15, -0.1) is 0 Å². The van der Waals surface area contributed by atoms with Crippen LogP contribution in [0.2, 0.25) is 5.02 Å². The number of hydrogen-bond acceptors (Lipinski definition) is 1. The van der Waals surface area contributed by atoms with Crippen LogP contribution in [0.15, 0.2) is 49.8 Å². The van der Waals surface area contributed by atoms with E-state index in [4.69, 9.17) is 11.6 Å². The van der Waals surface area contributed by atoms with Gasteiger partial charge in [0.15, 0.2) is 0 Å². The van der Waals surface area contributed by atoms with Gasteiger partial charge in [0.2, 0.25) is 0 Å². The molecule has 5 heteroatoms. The zero-order valence-corrected chi connectivity index (χ0v) is 15.6. The monoisotopic (exact) mass is 465 g/mol. The average Bonchev–Trinajstić information content (AvgIpc) is 2.33. The molecule has 0 spiro atoms. The highest BCUT2D eigenvalue weighted by molar-refractivity contribution is 9.11. The molecule has 0 bridgehead atoms. The highest BCUT2D eigenvalue weighted by atomic mass is 79.9. The Bertz CT molecular complexity index is 581. The van der Waals surface area contributed by atoms with E-state index in [0.29, 0.717) is 0 Å². The molecule has 0 aliphatic carbocycles. The number of para-hydroxylation sites is 1. The Morgan fingerprint density at radius 3 is 2.26 bits per heavy atom. The van der Waals surface area contributed by atoms with Gasteiger partial charge in [-0.3, -0.25) is 0 Å². The van der Waals surface area contributed by atoms with E-state index >= 15 is 0 Å². The van der Waals surface area contributed by atoms with Gasteiger partial charge >= 0.3 is 0 Å². The van der Waals surface area contributed by atoms with Crippen LogP contribution in [0.25, 0.3) is 0 Å². The summed E-state index contributed by atoms with van der Waals surface area (Å²) in [6.45, 7) is 2.08. The van der Waals surface area contributed by atoms with Gasteiger partial charge in [-0.1, -0.05) is 39.7 Å². The van der Waals surface area contributed by atoms with E-state index < -0.39 is 0 Å². The molecule has 0 aliphatic rings. The SMILES string of the molecule is CC(Nc1c(Br)cccc1Br)c1ccc(Br)cc1Cl. The van der Waals surface area contributed by atoms with Crippen LogP contribution in [0.4, 0.5) is 5.69 Å². The topological polar surface area (TPSA) is 12.0 Å². The molecule has 100 valence electrons. The third-order valence-corrected chi connectivity index (χ3v) is 4.89. The zero-order chi connectivity index (χ0) is 14.0. The molecule has 2 rings (SSSR count). The number of rotatable bonds is 3. The molecule has 0 aromatic heterocycles. The van der Waals surface area contributed by atoms with E-state index in [0.717, 1.165) is 29.7 Å². The lowest BCUT2D eigenvalue weighted by atomic mass is 10.1. The second-order valence-electron chi connectivity index (χ2n) is 4.13. The smallest absolute Gasteiger partial charge is 0.0633 e. The summed E-state index contributed by atoms with van der Waals surface area (Å²) in [6.07, 6.45) is 0. The lowest BCUT2D eigenvalue weighted by Gasteiger charge is -2.19. The second-order valence-corrected chi connectivity index (χ2v) is 7.16. The Balaban J connectivity index is 2.28. The zero-order valence-electron chi connectivity index (χ0n) is 10.1. The van der Waals surface area contributed by atoms with Crippen molar-refractivity contribution in [1.29, 1.82) is 0 Å². The Hall–Kier alpha value is -0.0300. The van der Waals surface area contributed by atoms with E-state index in [1.54, 1.807) is 0 Å². The van der Waals surface area contributed by atoms with E-state index in [2.05, 4.69) is 60.0 Å². The van der Waals surface area contributed by atoms with Gasteiger partial charge in [0, 0.05) is 18.4 Å². The molecule has 2 aromatic carbocycles. The molecule has 0 heterocycles. The van der Waals surface area contributed by atoms with Crippen LogP contribution in [-0.2, 0) is 0 Å². The minimum atomic E-state index is 0.107. The minimum absolute atomic E-state index is 0.107. The van der Waals surface area contributed by atoms with Crippen molar-refractivity contribution in [2.24, 2.45) is 0 Å². The lowest BCUT2D eigenvalue weighted by Crippen LogP contribution is -2.08. The first-order valence-corrected chi connectivity index (χ1v) is 8.40. The van der Waals surface area contributed by atoms with Crippen molar-refractivity contribution in [3.63, 3.8) is 0 Å². The number of halogens is 4. The van der Waals surface area contributed by atoms with Crippen molar-refractivity contribution < 1.29 is 0 Å². The second kappa shape index (κ2) is 6.61. The van der Waals surface area contributed by atoms with Crippen molar-refractivity contribution in [2.75, 3.05) is 5.32 Å². The quantitative estimate of drug-likeness (QED) is 0.523. The van der Waals surface area contributed by atoms with Crippen LogP contribution in [-0.4, -0.2) is 0 Å². The molecular formula is C14H11Br3ClN. The third kappa shape index (κ3) is 3.75. The van der Waals surface area contributed by atoms with E-state index in [-0.39, 0.29) is 6.04 Å². The van der Waals surface area contributed by atoms with Gasteiger partial charge < -0.3 is 5.32 Å². The number of benzene rings is 2. The first kappa shape index (κ1) is 15.4. The molecule has 0 saturated heterocycles. The Morgan fingerprint density at radius 2 is 1.68 bits per heavy atom. The van der Waals surface area contributed by atoms with Crippen molar-refractivity contribution in [3.05, 3.63) is 60.4 Å². The van der Waals surface area contributed by atoms with E-state index in [1.165, 1.54) is 0 Å². The molecular weight excluding hydrogens is 457 g/mol. The van der Waals surface area contributed by atoms with Crippen LogP contribution in [0, 0.1) is 0 Å². The number of anilines is 1. The molecule has 1 N–H and O–H groups in total. The van der Waals surface area contributed by atoms with Crippen molar-refractivity contribution in [3.8, 4) is 0 Å². The van der Waals surface area contributed by atoms with Gasteiger partial charge in [-0.2, -0.15) is 0 Å². The summed E-state index contributed by atoms with van der Waals surface area (Å²) < 4.78 is 3.01. The molecule has 1 nitrogen and oxygen atoms in total. The van der Waals surface area contributed by atoms with Gasteiger partial charge in [0.25, 0.3) is 0 Å². The molecule has 0 radical (unpaired) electrons. The summed E-state index contributed by atoms with van der Waals surface area (Å²) in [5.41, 5.74) is 2.08. The minimum Gasteiger partial charge on any atom is -0.377 e. The maximum atomic E-state index is 6.28. The molecule has 1 atom stereocenters. The summed E-state index contributed by atoms with van der Waals surface area (Å²) in [5.74, 6) is 0. The highest BCUT2D eigenvalue weighted by Gasteiger charge is 2.13. The first-order chi connectivity index (χ1) is 8.99. The van der Waals surface area contributed by atoms with E-state index in [1.807, 2.05) is 36.4 Å². The predicted octanol–water partition coefficient (Wildman–Crippen LogP) is 6.80.